The lowest BCUT2D eigenvalue weighted by atomic mass is 9.78. The fourth-order valence-electron chi connectivity index (χ4n) is 2.59. The van der Waals surface area contributed by atoms with Crippen molar-refractivity contribution in [1.29, 1.82) is 0 Å². The van der Waals surface area contributed by atoms with E-state index in [1.807, 2.05) is 7.11 Å². The summed E-state index contributed by atoms with van der Waals surface area (Å²) in [5.41, 5.74) is 0. The van der Waals surface area contributed by atoms with Crippen molar-refractivity contribution in [3.63, 3.8) is 0 Å². The summed E-state index contributed by atoms with van der Waals surface area (Å²) in [6, 6.07) is 0.810. The maximum atomic E-state index is 5.45. The van der Waals surface area contributed by atoms with Crippen LogP contribution in [0.15, 0.2) is 0 Å². The zero-order chi connectivity index (χ0) is 7.84. The molecule has 64 valence electrons. The van der Waals surface area contributed by atoms with E-state index in [4.69, 9.17) is 4.74 Å². The van der Waals surface area contributed by atoms with Gasteiger partial charge in [-0.25, -0.2) is 0 Å². The van der Waals surface area contributed by atoms with E-state index in [1.54, 1.807) is 0 Å². The topological polar surface area (TPSA) is 12.5 Å². The van der Waals surface area contributed by atoms with Crippen LogP contribution in [0.1, 0.15) is 19.3 Å². The number of rotatable bonds is 1. The quantitative estimate of drug-likeness (QED) is 0.562. The number of fused-ring (bicyclic) bond motifs is 3. The van der Waals surface area contributed by atoms with Gasteiger partial charge in [0, 0.05) is 19.7 Å². The first kappa shape index (κ1) is 7.56. The van der Waals surface area contributed by atoms with Crippen LogP contribution >= 0.6 is 0 Å². The molecule has 1 unspecified atom stereocenters. The maximum absolute atomic E-state index is 5.45. The van der Waals surface area contributed by atoms with Gasteiger partial charge >= 0.3 is 0 Å². The summed E-state index contributed by atoms with van der Waals surface area (Å²) in [6.45, 7) is 1.25. The van der Waals surface area contributed by atoms with Gasteiger partial charge in [0.05, 0.1) is 6.10 Å². The van der Waals surface area contributed by atoms with Gasteiger partial charge < -0.3 is 9.64 Å². The average Bonchev–Trinajstić information content (AvgIpc) is 2.05. The van der Waals surface area contributed by atoms with Crippen molar-refractivity contribution >= 4 is 0 Å². The molecule has 0 aromatic carbocycles. The van der Waals surface area contributed by atoms with Crippen molar-refractivity contribution in [1.82, 2.24) is 4.90 Å². The van der Waals surface area contributed by atoms with Crippen molar-refractivity contribution in [2.24, 2.45) is 5.92 Å². The smallest absolute Gasteiger partial charge is 0.0626 e. The number of ether oxygens (including phenoxy) is 1. The van der Waals surface area contributed by atoms with Crippen LogP contribution < -0.4 is 0 Å². The van der Waals surface area contributed by atoms with Gasteiger partial charge in [0.15, 0.2) is 0 Å². The van der Waals surface area contributed by atoms with Gasteiger partial charge in [0.2, 0.25) is 0 Å². The van der Waals surface area contributed by atoms with E-state index in [1.165, 1.54) is 25.8 Å². The molecule has 0 aromatic heterocycles. The Bertz CT molecular complexity index is 148. The minimum atomic E-state index is 0.560. The molecular weight excluding hydrogens is 138 g/mol. The Balaban J connectivity index is 2.04. The SMILES string of the molecule is CO[C@@H]1C[C@@H]2CCC1CN2C. The van der Waals surface area contributed by atoms with Gasteiger partial charge in [-0.15, -0.1) is 0 Å². The molecule has 3 rings (SSSR count). The fourth-order valence-corrected chi connectivity index (χ4v) is 2.59. The number of hydrogen-bond acceptors (Lipinski definition) is 2. The van der Waals surface area contributed by atoms with Crippen LogP contribution in [0.4, 0.5) is 0 Å². The Morgan fingerprint density at radius 2 is 2.18 bits per heavy atom. The molecule has 1 aliphatic carbocycles. The Labute approximate surface area is 68.5 Å². The first-order valence-electron chi connectivity index (χ1n) is 4.54. The Morgan fingerprint density at radius 3 is 2.64 bits per heavy atom. The van der Waals surface area contributed by atoms with E-state index in [0.717, 1.165) is 12.0 Å². The molecule has 11 heavy (non-hydrogen) atoms. The van der Waals surface area contributed by atoms with Crippen molar-refractivity contribution in [2.75, 3.05) is 20.7 Å². The van der Waals surface area contributed by atoms with Crippen molar-refractivity contribution < 1.29 is 4.74 Å². The zero-order valence-electron chi connectivity index (χ0n) is 7.42. The monoisotopic (exact) mass is 155 g/mol. The number of methoxy groups -OCH3 is 1. The van der Waals surface area contributed by atoms with Gasteiger partial charge in [-0.3, -0.25) is 0 Å². The van der Waals surface area contributed by atoms with Crippen LogP contribution in [0.3, 0.4) is 0 Å². The summed E-state index contributed by atoms with van der Waals surface area (Å²) in [4.78, 5) is 2.49. The highest BCUT2D eigenvalue weighted by atomic mass is 16.5. The van der Waals surface area contributed by atoms with Crippen LogP contribution in [0, 0.1) is 5.92 Å². The molecule has 2 bridgehead atoms. The molecule has 0 radical (unpaired) electrons. The zero-order valence-corrected chi connectivity index (χ0v) is 7.42. The molecule has 2 nitrogen and oxygen atoms in total. The molecule has 1 saturated carbocycles. The molecule has 3 aliphatic rings. The molecular formula is C9H17NO. The van der Waals surface area contributed by atoms with Gasteiger partial charge in [-0.1, -0.05) is 0 Å². The van der Waals surface area contributed by atoms with E-state index in [2.05, 4.69) is 11.9 Å². The van der Waals surface area contributed by atoms with Crippen LogP contribution in [-0.2, 0) is 4.74 Å². The van der Waals surface area contributed by atoms with Crippen LogP contribution in [0.25, 0.3) is 0 Å². The third-order valence-electron chi connectivity index (χ3n) is 3.35. The Morgan fingerprint density at radius 1 is 1.36 bits per heavy atom. The first-order chi connectivity index (χ1) is 5.31. The molecule has 3 fully saturated rings. The summed E-state index contributed by atoms with van der Waals surface area (Å²) in [5, 5.41) is 0. The lowest BCUT2D eigenvalue weighted by Crippen LogP contribution is -2.52. The number of piperidine rings is 2. The maximum Gasteiger partial charge on any atom is 0.0626 e. The first-order valence-corrected chi connectivity index (χ1v) is 4.54. The van der Waals surface area contributed by atoms with E-state index in [-0.39, 0.29) is 0 Å². The normalized spacial score (nSPS) is 44.7. The Kier molecular flexibility index (Phi) is 1.90. The molecule has 0 spiro atoms. The van der Waals surface area contributed by atoms with Crippen molar-refractivity contribution in [2.45, 2.75) is 31.4 Å². The standard InChI is InChI=1S/C9H17NO/c1-10-6-7-3-4-8(10)5-9(7)11-2/h7-9H,3-6H2,1-2H3/t7?,8-,9+/m0/s1. The molecule has 2 heterocycles. The summed E-state index contributed by atoms with van der Waals surface area (Å²) < 4.78 is 5.45. The second kappa shape index (κ2) is 2.76. The summed E-state index contributed by atoms with van der Waals surface area (Å²) in [5.74, 6) is 0.815. The lowest BCUT2D eigenvalue weighted by molar-refractivity contribution is -0.0602. The minimum absolute atomic E-state index is 0.560. The minimum Gasteiger partial charge on any atom is -0.381 e. The van der Waals surface area contributed by atoms with Gasteiger partial charge in [0.1, 0.15) is 0 Å². The molecule has 2 heteroatoms. The number of hydrogen-bond donors (Lipinski definition) is 0. The summed E-state index contributed by atoms with van der Waals surface area (Å²) in [7, 11) is 4.09. The lowest BCUT2D eigenvalue weighted by Gasteiger charge is -2.47. The van der Waals surface area contributed by atoms with Crippen molar-refractivity contribution in [3.8, 4) is 0 Å². The third-order valence-corrected chi connectivity index (χ3v) is 3.35. The molecule has 0 N–H and O–H groups in total. The van der Waals surface area contributed by atoms with Gasteiger partial charge in [0.25, 0.3) is 0 Å². The average molecular weight is 155 g/mol. The van der Waals surface area contributed by atoms with E-state index < -0.39 is 0 Å². The van der Waals surface area contributed by atoms with Crippen LogP contribution in [0.2, 0.25) is 0 Å². The van der Waals surface area contributed by atoms with Crippen molar-refractivity contribution in [3.05, 3.63) is 0 Å². The predicted octanol–water partition coefficient (Wildman–Crippen LogP) is 1.12. The second-order valence-electron chi connectivity index (χ2n) is 3.94. The second-order valence-corrected chi connectivity index (χ2v) is 3.94. The highest BCUT2D eigenvalue weighted by molar-refractivity contribution is 4.92. The van der Waals surface area contributed by atoms with Crippen LogP contribution in [0.5, 0.6) is 0 Å². The fraction of sp³-hybridized carbons (Fsp3) is 1.00. The summed E-state index contributed by atoms with van der Waals surface area (Å²) >= 11 is 0. The summed E-state index contributed by atoms with van der Waals surface area (Å²) in [6.07, 6.45) is 4.59. The molecule has 2 saturated heterocycles. The Hall–Kier alpha value is -0.0800. The highest BCUT2D eigenvalue weighted by Gasteiger charge is 2.38. The van der Waals surface area contributed by atoms with E-state index >= 15 is 0 Å². The molecule has 3 atom stereocenters. The van der Waals surface area contributed by atoms with Gasteiger partial charge in [-0.05, 0) is 32.2 Å². The number of nitrogens with zero attached hydrogens (tertiary/aromatic N) is 1. The molecule has 2 aliphatic heterocycles. The van der Waals surface area contributed by atoms with Gasteiger partial charge in [-0.2, -0.15) is 0 Å². The van der Waals surface area contributed by atoms with E-state index in [9.17, 15) is 0 Å². The van der Waals surface area contributed by atoms with Crippen LogP contribution in [-0.4, -0.2) is 37.7 Å². The third kappa shape index (κ3) is 1.18. The molecule has 0 aromatic rings. The van der Waals surface area contributed by atoms with E-state index in [0.29, 0.717) is 6.10 Å². The largest absolute Gasteiger partial charge is 0.381 e. The molecule has 0 amide bonds. The predicted molar refractivity (Wildman–Crippen MR) is 44.6 cm³/mol. The highest BCUT2D eigenvalue weighted by Crippen LogP contribution is 2.35.